The van der Waals surface area contributed by atoms with Crippen LogP contribution in [0.25, 0.3) is 0 Å². The van der Waals surface area contributed by atoms with Gasteiger partial charge in [0.2, 0.25) is 5.91 Å². The molecule has 0 saturated heterocycles. The van der Waals surface area contributed by atoms with Gasteiger partial charge in [-0.3, -0.25) is 4.79 Å². The lowest BCUT2D eigenvalue weighted by atomic mass is 9.88. The molecular weight excluding hydrogens is 298 g/mol. The second-order valence-corrected chi connectivity index (χ2v) is 7.62. The number of fused-ring (bicyclic) bond motifs is 1. The summed E-state index contributed by atoms with van der Waals surface area (Å²) in [5.74, 6) is 0.474. The minimum atomic E-state index is -0.325. The van der Waals surface area contributed by atoms with Crippen molar-refractivity contribution in [3.63, 3.8) is 0 Å². The molecule has 0 spiro atoms. The number of thiophene rings is 1. The summed E-state index contributed by atoms with van der Waals surface area (Å²) in [6.07, 6.45) is 7.15. The molecule has 1 aromatic rings. The second-order valence-electron chi connectivity index (χ2n) is 6.52. The van der Waals surface area contributed by atoms with Crippen LogP contribution >= 0.6 is 11.3 Å². The molecule has 1 amide bonds. The lowest BCUT2D eigenvalue weighted by Crippen LogP contribution is -2.21. The Morgan fingerprint density at radius 1 is 1.23 bits per heavy atom. The van der Waals surface area contributed by atoms with Crippen LogP contribution in [0.2, 0.25) is 0 Å². The van der Waals surface area contributed by atoms with E-state index in [9.17, 15) is 9.59 Å². The summed E-state index contributed by atoms with van der Waals surface area (Å²) in [7, 11) is 1.40. The van der Waals surface area contributed by atoms with E-state index in [1.165, 1.54) is 12.0 Å². The minimum Gasteiger partial charge on any atom is -0.465 e. The van der Waals surface area contributed by atoms with E-state index in [-0.39, 0.29) is 17.8 Å². The molecule has 1 fully saturated rings. The van der Waals surface area contributed by atoms with E-state index >= 15 is 0 Å². The lowest BCUT2D eigenvalue weighted by Gasteiger charge is -2.18. The number of methoxy groups -OCH3 is 1. The maximum absolute atomic E-state index is 12.4. The van der Waals surface area contributed by atoms with Gasteiger partial charge in [-0.1, -0.05) is 19.8 Å². The SMILES string of the molecule is COC(=O)c1c(NC(=O)C2CCCC2)sc2c1CCC(C)C2. The fourth-order valence-electron chi connectivity index (χ4n) is 3.56. The summed E-state index contributed by atoms with van der Waals surface area (Å²) in [4.78, 5) is 25.8. The highest BCUT2D eigenvalue weighted by molar-refractivity contribution is 7.17. The van der Waals surface area contributed by atoms with Crippen molar-refractivity contribution in [2.75, 3.05) is 12.4 Å². The van der Waals surface area contributed by atoms with Gasteiger partial charge < -0.3 is 10.1 Å². The molecule has 1 N–H and O–H groups in total. The zero-order valence-corrected chi connectivity index (χ0v) is 14.1. The molecule has 5 heteroatoms. The first-order chi connectivity index (χ1) is 10.6. The Hall–Kier alpha value is -1.36. The van der Waals surface area contributed by atoms with E-state index in [2.05, 4.69) is 12.2 Å². The lowest BCUT2D eigenvalue weighted by molar-refractivity contribution is -0.119. The van der Waals surface area contributed by atoms with Crippen molar-refractivity contribution in [1.82, 2.24) is 0 Å². The molecule has 0 aromatic carbocycles. The topological polar surface area (TPSA) is 55.4 Å². The normalized spacial score (nSPS) is 21.5. The van der Waals surface area contributed by atoms with Crippen LogP contribution in [0.15, 0.2) is 0 Å². The molecule has 1 saturated carbocycles. The molecule has 1 unspecified atom stereocenters. The molecule has 2 aliphatic carbocycles. The Bertz CT molecular complexity index is 587. The third-order valence-corrected chi connectivity index (χ3v) is 6.03. The van der Waals surface area contributed by atoms with Crippen LogP contribution in [-0.4, -0.2) is 19.0 Å². The number of hydrogen-bond acceptors (Lipinski definition) is 4. The van der Waals surface area contributed by atoms with Crippen LogP contribution in [0.4, 0.5) is 5.00 Å². The van der Waals surface area contributed by atoms with Crippen LogP contribution in [0.1, 0.15) is 59.8 Å². The predicted molar refractivity (Wildman–Crippen MR) is 87.4 cm³/mol. The van der Waals surface area contributed by atoms with E-state index in [4.69, 9.17) is 4.74 Å². The fraction of sp³-hybridized carbons (Fsp3) is 0.647. The zero-order valence-electron chi connectivity index (χ0n) is 13.2. The number of nitrogens with one attached hydrogen (secondary N) is 1. The number of anilines is 1. The summed E-state index contributed by atoms with van der Waals surface area (Å²) in [6.45, 7) is 2.23. The zero-order chi connectivity index (χ0) is 15.7. The van der Waals surface area contributed by atoms with E-state index in [0.717, 1.165) is 50.5 Å². The van der Waals surface area contributed by atoms with E-state index in [0.29, 0.717) is 16.5 Å². The van der Waals surface area contributed by atoms with Gasteiger partial charge in [-0.2, -0.15) is 0 Å². The Balaban J connectivity index is 1.89. The highest BCUT2D eigenvalue weighted by Gasteiger charge is 2.30. The summed E-state index contributed by atoms with van der Waals surface area (Å²) in [5, 5.41) is 3.72. The summed E-state index contributed by atoms with van der Waals surface area (Å²) in [6, 6.07) is 0. The number of esters is 1. The first kappa shape index (κ1) is 15.5. The Morgan fingerprint density at radius 3 is 2.64 bits per heavy atom. The van der Waals surface area contributed by atoms with Gasteiger partial charge in [0.25, 0.3) is 0 Å². The van der Waals surface area contributed by atoms with Gasteiger partial charge in [-0.15, -0.1) is 11.3 Å². The molecule has 1 atom stereocenters. The van der Waals surface area contributed by atoms with E-state index in [1.54, 1.807) is 11.3 Å². The Morgan fingerprint density at radius 2 is 1.95 bits per heavy atom. The quantitative estimate of drug-likeness (QED) is 0.862. The molecule has 1 aromatic heterocycles. The van der Waals surface area contributed by atoms with E-state index in [1.807, 2.05) is 0 Å². The van der Waals surface area contributed by atoms with Gasteiger partial charge in [-0.25, -0.2) is 4.79 Å². The summed E-state index contributed by atoms with van der Waals surface area (Å²) in [5.41, 5.74) is 1.69. The number of amides is 1. The van der Waals surface area contributed by atoms with Crippen LogP contribution in [0.5, 0.6) is 0 Å². The largest absolute Gasteiger partial charge is 0.465 e. The standard InChI is InChI=1S/C17H23NO3S/c1-10-7-8-12-13(9-10)22-16(14(12)17(20)21-2)18-15(19)11-5-3-4-6-11/h10-11H,3-9H2,1-2H3,(H,18,19). The average molecular weight is 321 g/mol. The number of carbonyl (C=O) groups is 2. The smallest absolute Gasteiger partial charge is 0.341 e. The molecule has 120 valence electrons. The summed E-state index contributed by atoms with van der Waals surface area (Å²) < 4.78 is 4.95. The Kier molecular flexibility index (Phi) is 4.52. The van der Waals surface area contributed by atoms with Crippen molar-refractivity contribution >= 4 is 28.2 Å². The van der Waals surface area contributed by atoms with Crippen molar-refractivity contribution in [2.24, 2.45) is 11.8 Å². The third kappa shape index (κ3) is 2.91. The average Bonchev–Trinajstić information content (AvgIpc) is 3.13. The van der Waals surface area contributed by atoms with Gasteiger partial charge in [0.15, 0.2) is 0 Å². The molecule has 22 heavy (non-hydrogen) atoms. The Labute approximate surface area is 135 Å². The first-order valence-electron chi connectivity index (χ1n) is 8.13. The monoisotopic (exact) mass is 321 g/mol. The van der Waals surface area contributed by atoms with Gasteiger partial charge >= 0.3 is 5.97 Å². The van der Waals surface area contributed by atoms with Gasteiger partial charge in [0, 0.05) is 10.8 Å². The van der Waals surface area contributed by atoms with Crippen LogP contribution < -0.4 is 5.32 Å². The molecule has 2 aliphatic rings. The maximum atomic E-state index is 12.4. The number of ether oxygens (including phenoxy) is 1. The molecule has 0 radical (unpaired) electrons. The van der Waals surface area contributed by atoms with Gasteiger partial charge in [0.05, 0.1) is 12.7 Å². The molecule has 0 bridgehead atoms. The summed E-state index contributed by atoms with van der Waals surface area (Å²) >= 11 is 1.56. The van der Waals surface area contributed by atoms with Crippen molar-refractivity contribution in [3.8, 4) is 0 Å². The van der Waals surface area contributed by atoms with Gasteiger partial charge in [0.1, 0.15) is 5.00 Å². The highest BCUT2D eigenvalue weighted by atomic mass is 32.1. The van der Waals surface area contributed by atoms with Crippen molar-refractivity contribution < 1.29 is 14.3 Å². The van der Waals surface area contributed by atoms with Crippen LogP contribution in [0.3, 0.4) is 0 Å². The highest BCUT2D eigenvalue weighted by Crippen LogP contribution is 2.40. The minimum absolute atomic E-state index is 0.0642. The molecule has 1 heterocycles. The number of rotatable bonds is 3. The fourth-order valence-corrected chi connectivity index (χ4v) is 4.96. The van der Waals surface area contributed by atoms with Crippen molar-refractivity contribution in [2.45, 2.75) is 51.9 Å². The number of carbonyl (C=O) groups excluding carboxylic acids is 2. The molecule has 3 rings (SSSR count). The molecular formula is C17H23NO3S. The predicted octanol–water partition coefficient (Wildman–Crippen LogP) is 3.79. The van der Waals surface area contributed by atoms with Crippen LogP contribution in [-0.2, 0) is 22.4 Å². The van der Waals surface area contributed by atoms with Crippen molar-refractivity contribution in [3.05, 3.63) is 16.0 Å². The first-order valence-corrected chi connectivity index (χ1v) is 8.95. The number of hydrogen-bond donors (Lipinski definition) is 1. The molecule has 4 nitrogen and oxygen atoms in total. The second kappa shape index (κ2) is 6.41. The van der Waals surface area contributed by atoms with Gasteiger partial charge in [-0.05, 0) is 43.6 Å². The van der Waals surface area contributed by atoms with E-state index < -0.39 is 0 Å². The molecule has 0 aliphatic heterocycles. The third-order valence-electron chi connectivity index (χ3n) is 4.86. The maximum Gasteiger partial charge on any atom is 0.341 e. The van der Waals surface area contributed by atoms with Crippen LogP contribution in [0, 0.1) is 11.8 Å². The van der Waals surface area contributed by atoms with Crippen molar-refractivity contribution in [1.29, 1.82) is 0 Å².